The van der Waals surface area contributed by atoms with Crippen LogP contribution in [0.2, 0.25) is 0 Å². The van der Waals surface area contributed by atoms with E-state index in [1.54, 1.807) is 13.2 Å². The molecule has 0 amide bonds. The van der Waals surface area contributed by atoms with E-state index in [9.17, 15) is 4.39 Å². The Morgan fingerprint density at radius 3 is 2.60 bits per heavy atom. The molecule has 0 saturated carbocycles. The second-order valence-corrected chi connectivity index (χ2v) is 5.42. The van der Waals surface area contributed by atoms with Gasteiger partial charge in [0.05, 0.1) is 7.11 Å². The number of aryl methyl sites for hydroxylation is 1. The second-order valence-electron chi connectivity index (χ2n) is 5.42. The lowest BCUT2D eigenvalue weighted by Gasteiger charge is -2.26. The van der Waals surface area contributed by atoms with Crippen molar-refractivity contribution in [1.82, 2.24) is 0 Å². The average Bonchev–Trinajstić information content (AvgIpc) is 2.38. The van der Waals surface area contributed by atoms with Crippen LogP contribution in [0.25, 0.3) is 0 Å². The van der Waals surface area contributed by atoms with Gasteiger partial charge in [-0.3, -0.25) is 0 Å². The number of hydrogen-bond donors (Lipinski definition) is 1. The van der Waals surface area contributed by atoms with Crippen LogP contribution < -0.4 is 10.5 Å². The maximum Gasteiger partial charge on any atom is 0.123 e. The summed E-state index contributed by atoms with van der Waals surface area (Å²) < 4.78 is 18.7. The molecule has 0 aromatic heterocycles. The van der Waals surface area contributed by atoms with Crippen LogP contribution in [0, 0.1) is 12.7 Å². The van der Waals surface area contributed by atoms with Crippen molar-refractivity contribution in [1.29, 1.82) is 0 Å². The minimum atomic E-state index is -0.650. The number of methoxy groups -OCH3 is 1. The van der Waals surface area contributed by atoms with Crippen LogP contribution in [0.1, 0.15) is 23.6 Å². The summed E-state index contributed by atoms with van der Waals surface area (Å²) in [5.74, 6) is 0.541. The zero-order valence-electron chi connectivity index (χ0n) is 12.1. The molecule has 2 rings (SSSR count). The van der Waals surface area contributed by atoms with E-state index in [2.05, 4.69) is 6.07 Å². The highest BCUT2D eigenvalue weighted by Crippen LogP contribution is 2.28. The fourth-order valence-electron chi connectivity index (χ4n) is 2.39. The topological polar surface area (TPSA) is 35.2 Å². The minimum Gasteiger partial charge on any atom is -0.496 e. The van der Waals surface area contributed by atoms with Crippen molar-refractivity contribution >= 4 is 0 Å². The van der Waals surface area contributed by atoms with E-state index >= 15 is 0 Å². The van der Waals surface area contributed by atoms with Crippen LogP contribution >= 0.6 is 0 Å². The van der Waals surface area contributed by atoms with Gasteiger partial charge in [0.2, 0.25) is 0 Å². The summed E-state index contributed by atoms with van der Waals surface area (Å²) in [5.41, 5.74) is 8.70. The summed E-state index contributed by atoms with van der Waals surface area (Å²) in [6, 6.07) is 12.4. The molecule has 0 heterocycles. The first-order valence-electron chi connectivity index (χ1n) is 6.61. The molecule has 0 saturated heterocycles. The number of rotatable bonds is 4. The predicted molar refractivity (Wildman–Crippen MR) is 79.4 cm³/mol. The van der Waals surface area contributed by atoms with Gasteiger partial charge in [0, 0.05) is 5.54 Å². The first kappa shape index (κ1) is 14.5. The molecule has 0 radical (unpaired) electrons. The van der Waals surface area contributed by atoms with Gasteiger partial charge in [-0.1, -0.05) is 29.8 Å². The van der Waals surface area contributed by atoms with Crippen LogP contribution in [0.15, 0.2) is 42.5 Å². The van der Waals surface area contributed by atoms with Gasteiger partial charge in [0.25, 0.3) is 0 Å². The molecule has 2 N–H and O–H groups in total. The molecule has 0 fully saturated rings. The van der Waals surface area contributed by atoms with Crippen LogP contribution in [0.3, 0.4) is 0 Å². The van der Waals surface area contributed by atoms with E-state index < -0.39 is 5.54 Å². The van der Waals surface area contributed by atoms with Crippen molar-refractivity contribution in [3.05, 3.63) is 65.0 Å². The molecule has 106 valence electrons. The highest BCUT2D eigenvalue weighted by Gasteiger charge is 2.23. The van der Waals surface area contributed by atoms with Gasteiger partial charge in [-0.2, -0.15) is 0 Å². The molecule has 0 bridgehead atoms. The minimum absolute atomic E-state index is 0.268. The Balaban J connectivity index is 2.35. The molecule has 20 heavy (non-hydrogen) atoms. The Labute approximate surface area is 119 Å². The van der Waals surface area contributed by atoms with Crippen LogP contribution in [0.5, 0.6) is 5.75 Å². The first-order valence-corrected chi connectivity index (χ1v) is 6.61. The molecule has 0 spiro atoms. The fourth-order valence-corrected chi connectivity index (χ4v) is 2.39. The molecule has 2 aromatic rings. The van der Waals surface area contributed by atoms with Gasteiger partial charge in [-0.15, -0.1) is 0 Å². The summed E-state index contributed by atoms with van der Waals surface area (Å²) in [7, 11) is 1.64. The van der Waals surface area contributed by atoms with Crippen molar-refractivity contribution in [2.24, 2.45) is 5.73 Å². The van der Waals surface area contributed by atoms with Gasteiger partial charge < -0.3 is 10.5 Å². The Bertz CT molecular complexity index is 608. The monoisotopic (exact) mass is 273 g/mol. The maximum absolute atomic E-state index is 13.4. The molecule has 1 unspecified atom stereocenters. The Kier molecular flexibility index (Phi) is 4.09. The van der Waals surface area contributed by atoms with Gasteiger partial charge >= 0.3 is 0 Å². The molecule has 3 heteroatoms. The number of hydrogen-bond acceptors (Lipinski definition) is 2. The van der Waals surface area contributed by atoms with Crippen LogP contribution in [-0.2, 0) is 12.0 Å². The summed E-state index contributed by atoms with van der Waals surface area (Å²) in [5, 5.41) is 0. The second kappa shape index (κ2) is 5.63. The lowest BCUT2D eigenvalue weighted by atomic mass is 9.86. The smallest absolute Gasteiger partial charge is 0.123 e. The average molecular weight is 273 g/mol. The van der Waals surface area contributed by atoms with Gasteiger partial charge in [-0.05, 0) is 49.6 Å². The Morgan fingerprint density at radius 2 is 1.95 bits per heavy atom. The maximum atomic E-state index is 13.4. The molecule has 0 aliphatic carbocycles. The summed E-state index contributed by atoms with van der Waals surface area (Å²) >= 11 is 0. The van der Waals surface area contributed by atoms with Gasteiger partial charge in [0.1, 0.15) is 11.6 Å². The van der Waals surface area contributed by atoms with E-state index in [4.69, 9.17) is 10.5 Å². The predicted octanol–water partition coefficient (Wildman–Crippen LogP) is 3.56. The van der Waals surface area contributed by atoms with Crippen LogP contribution in [0.4, 0.5) is 4.39 Å². The van der Waals surface area contributed by atoms with Crippen molar-refractivity contribution in [2.45, 2.75) is 25.8 Å². The normalized spacial score (nSPS) is 13.8. The highest BCUT2D eigenvalue weighted by molar-refractivity contribution is 5.39. The SMILES string of the molecule is COc1ccc(C)cc1CC(C)(N)c1cccc(F)c1. The number of benzene rings is 2. The van der Waals surface area contributed by atoms with Crippen molar-refractivity contribution in [3.8, 4) is 5.75 Å². The lowest BCUT2D eigenvalue weighted by Crippen LogP contribution is -2.35. The standard InChI is InChI=1S/C17H20FNO/c1-12-7-8-16(20-3)13(9-12)11-17(2,19)14-5-4-6-15(18)10-14/h4-10H,11,19H2,1-3H3. The number of ether oxygens (including phenoxy) is 1. The third-order valence-electron chi connectivity index (χ3n) is 3.48. The number of nitrogens with two attached hydrogens (primary N) is 1. The fraction of sp³-hybridized carbons (Fsp3) is 0.294. The van der Waals surface area contributed by atoms with E-state index in [0.717, 1.165) is 22.4 Å². The zero-order chi connectivity index (χ0) is 14.8. The molecule has 2 aromatic carbocycles. The van der Waals surface area contributed by atoms with E-state index in [1.807, 2.05) is 32.0 Å². The van der Waals surface area contributed by atoms with Crippen LogP contribution in [-0.4, -0.2) is 7.11 Å². The van der Waals surface area contributed by atoms with Crippen molar-refractivity contribution in [2.75, 3.05) is 7.11 Å². The Morgan fingerprint density at radius 1 is 1.20 bits per heavy atom. The highest BCUT2D eigenvalue weighted by atomic mass is 19.1. The third-order valence-corrected chi connectivity index (χ3v) is 3.48. The number of halogens is 1. The molecular weight excluding hydrogens is 253 g/mol. The van der Waals surface area contributed by atoms with Crippen molar-refractivity contribution < 1.29 is 9.13 Å². The van der Waals surface area contributed by atoms with E-state index in [0.29, 0.717) is 6.42 Å². The third kappa shape index (κ3) is 3.17. The van der Waals surface area contributed by atoms with Gasteiger partial charge in [0.15, 0.2) is 0 Å². The quantitative estimate of drug-likeness (QED) is 0.924. The summed E-state index contributed by atoms with van der Waals surface area (Å²) in [6.45, 7) is 3.93. The van der Waals surface area contributed by atoms with E-state index in [1.165, 1.54) is 12.1 Å². The van der Waals surface area contributed by atoms with Crippen molar-refractivity contribution in [3.63, 3.8) is 0 Å². The summed E-state index contributed by atoms with van der Waals surface area (Å²) in [6.07, 6.45) is 0.585. The molecule has 0 aliphatic heterocycles. The molecule has 0 aliphatic rings. The lowest BCUT2D eigenvalue weighted by molar-refractivity contribution is 0.399. The largest absolute Gasteiger partial charge is 0.496 e. The zero-order valence-corrected chi connectivity index (χ0v) is 12.1. The van der Waals surface area contributed by atoms with E-state index in [-0.39, 0.29) is 5.82 Å². The van der Waals surface area contributed by atoms with Gasteiger partial charge in [-0.25, -0.2) is 4.39 Å². The summed E-state index contributed by atoms with van der Waals surface area (Å²) in [4.78, 5) is 0. The Hall–Kier alpha value is -1.87. The molecular formula is C17H20FNO. The molecule has 1 atom stereocenters. The molecule has 2 nitrogen and oxygen atoms in total. The first-order chi connectivity index (χ1) is 9.42.